The van der Waals surface area contributed by atoms with Gasteiger partial charge in [-0.2, -0.15) is 0 Å². The van der Waals surface area contributed by atoms with E-state index in [-0.39, 0.29) is 26.2 Å². The maximum absolute atomic E-state index is 14.3. The van der Waals surface area contributed by atoms with E-state index in [0.717, 1.165) is 26.7 Å². The number of hydrogen-bond acceptors (Lipinski definition) is 8. The molecule has 1 aliphatic rings. The molecule has 0 aromatic heterocycles. The Bertz CT molecular complexity index is 1560. The number of carbonyl (C=O) groups excluding carboxylic acids is 1. The van der Waals surface area contributed by atoms with Crippen molar-refractivity contribution in [3.8, 4) is 16.9 Å². The van der Waals surface area contributed by atoms with E-state index in [4.69, 9.17) is 19.6 Å². The molecule has 0 radical (unpaired) electrons. The molecule has 1 heterocycles. The van der Waals surface area contributed by atoms with Crippen LogP contribution in [0.1, 0.15) is 29.2 Å². The van der Waals surface area contributed by atoms with Crippen molar-refractivity contribution in [2.45, 2.75) is 30.5 Å². The molecule has 5 rings (SSSR count). The second-order valence-electron chi connectivity index (χ2n) is 10.7. The largest absolute Gasteiger partial charge is 0.494 e. The van der Waals surface area contributed by atoms with Gasteiger partial charge in [-0.3, -0.25) is 10.2 Å². The van der Waals surface area contributed by atoms with E-state index in [0.29, 0.717) is 30.2 Å². The van der Waals surface area contributed by atoms with Gasteiger partial charge in [-0.05, 0) is 58.7 Å². The molecule has 2 atom stereocenters. The summed E-state index contributed by atoms with van der Waals surface area (Å²) >= 11 is 3.49. The molecule has 234 valence electrons. The first-order chi connectivity index (χ1) is 22.0. The first-order valence-corrected chi connectivity index (χ1v) is 15.5. The van der Waals surface area contributed by atoms with E-state index in [1.165, 1.54) is 0 Å². The predicted octanol–water partition coefficient (Wildman–Crippen LogP) is 4.35. The summed E-state index contributed by atoms with van der Waals surface area (Å²) in [4.78, 5) is 19.3. The lowest BCUT2D eigenvalue weighted by Gasteiger charge is -2.31. The SMILES string of the molecule is O=C(NNC(CO)CO)[C@@]1(Cc2ccc(Br)cc2)N=C(c2ccc(OCCCO)cc2)O[C@H]1c1ccc(-c2ccccc2)cc1. The number of carbonyl (C=O) groups is 1. The molecule has 4 aromatic carbocycles. The standard InChI is InChI=1S/C35H36BrN3O6/c36-29-15-7-24(8-16-29)21-35(34(43)39-38-30(22-41)23-42)32(27-11-9-26(10-12-27)25-5-2-1-3-6-25)45-33(37-35)28-13-17-31(18-14-28)44-20-4-19-40/h1-3,5-18,30,32,38,40-42H,4,19-23H2,(H,39,43)/t32-,35-/m0/s1. The van der Waals surface area contributed by atoms with Crippen LogP contribution in [0.15, 0.2) is 113 Å². The van der Waals surface area contributed by atoms with Gasteiger partial charge in [0.1, 0.15) is 5.75 Å². The Balaban J connectivity index is 1.56. The van der Waals surface area contributed by atoms with Crippen LogP contribution in [0.3, 0.4) is 0 Å². The average molecular weight is 675 g/mol. The lowest BCUT2D eigenvalue weighted by atomic mass is 9.82. The topological polar surface area (TPSA) is 133 Å². The summed E-state index contributed by atoms with van der Waals surface area (Å²) in [7, 11) is 0. The number of nitrogens with zero attached hydrogens (tertiary/aromatic N) is 1. The van der Waals surface area contributed by atoms with Gasteiger partial charge in [0.2, 0.25) is 5.90 Å². The van der Waals surface area contributed by atoms with E-state index in [1.54, 1.807) is 12.1 Å². The number of aliphatic hydroxyl groups excluding tert-OH is 3. The smallest absolute Gasteiger partial charge is 0.266 e. The van der Waals surface area contributed by atoms with Crippen molar-refractivity contribution in [1.29, 1.82) is 0 Å². The third-order valence-corrected chi connectivity index (χ3v) is 8.10. The molecular weight excluding hydrogens is 638 g/mol. The molecule has 0 saturated heterocycles. The predicted molar refractivity (Wildman–Crippen MR) is 176 cm³/mol. The number of hydrazine groups is 1. The van der Waals surface area contributed by atoms with Gasteiger partial charge in [0.05, 0.1) is 25.9 Å². The van der Waals surface area contributed by atoms with Crippen LogP contribution >= 0.6 is 15.9 Å². The van der Waals surface area contributed by atoms with Crippen LogP contribution in [-0.4, -0.2) is 65.1 Å². The summed E-state index contributed by atoms with van der Waals surface area (Å²) in [5, 5.41) is 28.3. The number of benzene rings is 4. The van der Waals surface area contributed by atoms with Gasteiger partial charge in [-0.1, -0.05) is 82.7 Å². The minimum Gasteiger partial charge on any atom is -0.494 e. The highest BCUT2D eigenvalue weighted by Gasteiger charge is 2.53. The molecule has 4 aromatic rings. The van der Waals surface area contributed by atoms with Crippen molar-refractivity contribution in [3.05, 3.63) is 124 Å². The monoisotopic (exact) mass is 673 g/mol. The van der Waals surface area contributed by atoms with Crippen molar-refractivity contribution < 1.29 is 29.6 Å². The average Bonchev–Trinajstić information content (AvgIpc) is 3.47. The fourth-order valence-electron chi connectivity index (χ4n) is 5.10. The van der Waals surface area contributed by atoms with Gasteiger partial charge in [0.15, 0.2) is 11.6 Å². The molecule has 0 aliphatic carbocycles. The van der Waals surface area contributed by atoms with Crippen LogP contribution in [0.4, 0.5) is 0 Å². The van der Waals surface area contributed by atoms with Gasteiger partial charge >= 0.3 is 0 Å². The van der Waals surface area contributed by atoms with Crippen LogP contribution in [0.25, 0.3) is 11.1 Å². The van der Waals surface area contributed by atoms with Crippen molar-refractivity contribution in [2.75, 3.05) is 26.4 Å². The Labute approximate surface area is 270 Å². The minimum atomic E-state index is -1.46. The Morgan fingerprint density at radius 3 is 2.16 bits per heavy atom. The van der Waals surface area contributed by atoms with Crippen LogP contribution < -0.4 is 15.6 Å². The minimum absolute atomic E-state index is 0.0468. The van der Waals surface area contributed by atoms with Crippen molar-refractivity contribution >= 4 is 27.7 Å². The molecule has 9 nitrogen and oxygen atoms in total. The number of nitrogens with one attached hydrogen (secondary N) is 2. The van der Waals surface area contributed by atoms with Crippen molar-refractivity contribution in [3.63, 3.8) is 0 Å². The van der Waals surface area contributed by atoms with Crippen LogP contribution in [0.2, 0.25) is 0 Å². The quantitative estimate of drug-likeness (QED) is 0.0993. The molecule has 10 heteroatoms. The zero-order valence-corrected chi connectivity index (χ0v) is 26.2. The number of ether oxygens (including phenoxy) is 2. The number of aliphatic imine (C=N–C) groups is 1. The van der Waals surface area contributed by atoms with Gasteiger partial charge in [0.25, 0.3) is 5.91 Å². The zero-order valence-electron chi connectivity index (χ0n) is 24.6. The molecule has 0 unspecified atom stereocenters. The first kappa shape index (κ1) is 32.3. The number of rotatable bonds is 14. The van der Waals surface area contributed by atoms with E-state index >= 15 is 0 Å². The number of amides is 1. The highest BCUT2D eigenvalue weighted by molar-refractivity contribution is 9.10. The second-order valence-corrected chi connectivity index (χ2v) is 11.7. The highest BCUT2D eigenvalue weighted by Crippen LogP contribution is 2.43. The summed E-state index contributed by atoms with van der Waals surface area (Å²) in [5.74, 6) is 0.455. The Morgan fingerprint density at radius 2 is 1.51 bits per heavy atom. The van der Waals surface area contributed by atoms with Crippen LogP contribution in [0.5, 0.6) is 5.75 Å². The van der Waals surface area contributed by atoms with Gasteiger partial charge < -0.3 is 24.8 Å². The molecule has 0 fully saturated rings. The zero-order chi connectivity index (χ0) is 31.6. The van der Waals surface area contributed by atoms with E-state index in [2.05, 4.69) is 26.8 Å². The summed E-state index contributed by atoms with van der Waals surface area (Å²) in [6, 6.07) is 32.1. The van der Waals surface area contributed by atoms with Gasteiger partial charge in [-0.25, -0.2) is 10.4 Å². The van der Waals surface area contributed by atoms with Crippen molar-refractivity contribution in [2.24, 2.45) is 4.99 Å². The molecule has 1 aliphatic heterocycles. The number of aliphatic hydroxyl groups is 3. The second kappa shape index (κ2) is 15.3. The Kier molecular flexibility index (Phi) is 11.0. The summed E-state index contributed by atoms with van der Waals surface area (Å²) in [6.45, 7) is -0.317. The van der Waals surface area contributed by atoms with Crippen LogP contribution in [0, 0.1) is 0 Å². The van der Waals surface area contributed by atoms with Crippen molar-refractivity contribution in [1.82, 2.24) is 10.9 Å². The highest BCUT2D eigenvalue weighted by atomic mass is 79.9. The molecule has 45 heavy (non-hydrogen) atoms. The number of halogens is 1. The summed E-state index contributed by atoms with van der Waals surface area (Å²) in [5.41, 5.74) is 8.35. The third-order valence-electron chi connectivity index (χ3n) is 7.57. The Morgan fingerprint density at radius 1 is 0.867 bits per heavy atom. The first-order valence-electron chi connectivity index (χ1n) is 14.7. The van der Waals surface area contributed by atoms with Crippen LogP contribution in [-0.2, 0) is 16.0 Å². The maximum atomic E-state index is 14.3. The lowest BCUT2D eigenvalue weighted by molar-refractivity contribution is -0.130. The maximum Gasteiger partial charge on any atom is 0.266 e. The van der Waals surface area contributed by atoms with E-state index < -0.39 is 23.6 Å². The summed E-state index contributed by atoms with van der Waals surface area (Å²) in [6.07, 6.45) is -0.0876. The van der Waals surface area contributed by atoms with Gasteiger partial charge in [-0.15, -0.1) is 0 Å². The summed E-state index contributed by atoms with van der Waals surface area (Å²) < 4.78 is 13.2. The molecule has 0 saturated carbocycles. The molecule has 5 N–H and O–H groups in total. The fraction of sp³-hybridized carbons (Fsp3) is 0.257. The molecule has 1 amide bonds. The Hall–Kier alpha value is -4.06. The molecule has 0 bridgehead atoms. The number of hydrogen-bond donors (Lipinski definition) is 5. The van der Waals surface area contributed by atoms with E-state index in [1.807, 2.05) is 91.0 Å². The third kappa shape index (κ3) is 7.78. The fourth-order valence-corrected chi connectivity index (χ4v) is 5.37. The molecule has 0 spiro atoms. The van der Waals surface area contributed by atoms with E-state index in [9.17, 15) is 15.0 Å². The molecular formula is C35H36BrN3O6. The lowest BCUT2D eigenvalue weighted by Crippen LogP contribution is -2.57. The normalized spacial score (nSPS) is 17.5. The van der Waals surface area contributed by atoms with Gasteiger partial charge in [0, 0.05) is 29.5 Å².